The molecule has 0 saturated heterocycles. The Balaban J connectivity index is 1.89. The first-order valence-corrected chi connectivity index (χ1v) is 15.8. The van der Waals surface area contributed by atoms with Crippen LogP contribution in [0.2, 0.25) is 0 Å². The van der Waals surface area contributed by atoms with Gasteiger partial charge in [0.1, 0.15) is 12.4 Å². The van der Waals surface area contributed by atoms with Crippen molar-refractivity contribution in [3.05, 3.63) is 18.2 Å². The average molecular weight is 476 g/mol. The zero-order valence-electron chi connectivity index (χ0n) is 23.9. The van der Waals surface area contributed by atoms with Crippen molar-refractivity contribution in [1.82, 2.24) is 4.57 Å². The highest BCUT2D eigenvalue weighted by atomic mass is 15.1. The van der Waals surface area contributed by atoms with Gasteiger partial charge in [-0.15, -0.1) is 0 Å². The molecule has 0 fully saturated rings. The van der Waals surface area contributed by atoms with Gasteiger partial charge in [0.2, 0.25) is 0 Å². The molecule has 0 unspecified atom stereocenters. The van der Waals surface area contributed by atoms with E-state index in [2.05, 4.69) is 42.3 Å². The number of hydrogen-bond acceptors (Lipinski definition) is 0. The summed E-state index contributed by atoms with van der Waals surface area (Å²) < 4.78 is 4.96. The monoisotopic (exact) mass is 475 g/mol. The predicted octanol–water partition coefficient (Wildman–Crippen LogP) is 10.5. The van der Waals surface area contributed by atoms with Crippen LogP contribution in [0.25, 0.3) is 0 Å². The largest absolute Gasteiger partial charge is 0.253 e. The Morgan fingerprint density at radius 1 is 0.500 bits per heavy atom. The van der Waals surface area contributed by atoms with Gasteiger partial charge in [0.05, 0.1) is 13.1 Å². The van der Waals surface area contributed by atoms with E-state index in [1.54, 1.807) is 0 Å². The quantitative estimate of drug-likeness (QED) is 0.0930. The van der Waals surface area contributed by atoms with Gasteiger partial charge in [-0.3, -0.25) is 0 Å². The van der Waals surface area contributed by atoms with E-state index in [1.165, 1.54) is 173 Å². The molecule has 0 amide bonds. The second-order valence-electron chi connectivity index (χ2n) is 11.0. The molecule has 0 aliphatic rings. The zero-order valence-corrected chi connectivity index (χ0v) is 23.9. The summed E-state index contributed by atoms with van der Waals surface area (Å²) in [6, 6.07) is 0. The summed E-state index contributed by atoms with van der Waals surface area (Å²) in [5.74, 6) is 1.45. The minimum Gasteiger partial charge on any atom is -0.234 e. The predicted molar refractivity (Wildman–Crippen MR) is 152 cm³/mol. The van der Waals surface area contributed by atoms with Gasteiger partial charge in [0.25, 0.3) is 5.82 Å². The van der Waals surface area contributed by atoms with E-state index in [0.717, 1.165) is 0 Å². The molecule has 0 aliphatic heterocycles. The molecule has 0 atom stereocenters. The first-order valence-electron chi connectivity index (χ1n) is 15.8. The number of aryl methyl sites for hydroxylation is 2. The molecule has 200 valence electrons. The van der Waals surface area contributed by atoms with Crippen LogP contribution >= 0.6 is 0 Å². The summed E-state index contributed by atoms with van der Waals surface area (Å²) in [5, 5.41) is 0. The molecule has 0 aromatic carbocycles. The number of nitrogens with zero attached hydrogens (tertiary/aromatic N) is 2. The van der Waals surface area contributed by atoms with Crippen molar-refractivity contribution in [1.29, 1.82) is 0 Å². The number of rotatable bonds is 26. The van der Waals surface area contributed by atoms with E-state index in [-0.39, 0.29) is 0 Å². The third-order valence-electron chi connectivity index (χ3n) is 7.76. The van der Waals surface area contributed by atoms with Crippen molar-refractivity contribution in [2.75, 3.05) is 0 Å². The SMILES string of the molecule is CCCCCCCCCCCCCCCCCC[n+]1ccn(CCCCCCCCCC)c1C. The van der Waals surface area contributed by atoms with Gasteiger partial charge >= 0.3 is 0 Å². The van der Waals surface area contributed by atoms with E-state index in [9.17, 15) is 0 Å². The lowest BCUT2D eigenvalue weighted by atomic mass is 10.0. The second-order valence-corrected chi connectivity index (χ2v) is 11.0. The Labute approximate surface area is 215 Å². The molecule has 2 nitrogen and oxygen atoms in total. The van der Waals surface area contributed by atoms with Crippen molar-refractivity contribution >= 4 is 0 Å². The number of aromatic nitrogens is 2. The smallest absolute Gasteiger partial charge is 0.234 e. The fourth-order valence-electron chi connectivity index (χ4n) is 5.26. The summed E-state index contributed by atoms with van der Waals surface area (Å²) in [7, 11) is 0. The van der Waals surface area contributed by atoms with Crippen LogP contribution in [0.4, 0.5) is 0 Å². The fourth-order valence-corrected chi connectivity index (χ4v) is 5.26. The van der Waals surface area contributed by atoms with Crippen LogP contribution in [-0.4, -0.2) is 4.57 Å². The maximum atomic E-state index is 2.48. The molecule has 1 rings (SSSR count). The van der Waals surface area contributed by atoms with Crippen LogP contribution < -0.4 is 4.57 Å². The van der Waals surface area contributed by atoms with Gasteiger partial charge in [-0.05, 0) is 25.7 Å². The lowest BCUT2D eigenvalue weighted by Crippen LogP contribution is -2.35. The van der Waals surface area contributed by atoms with Crippen LogP contribution in [0, 0.1) is 6.92 Å². The molecule has 2 heteroatoms. The molecule has 0 aliphatic carbocycles. The first kappa shape index (κ1) is 31.2. The molecule has 0 radical (unpaired) electrons. The van der Waals surface area contributed by atoms with E-state index >= 15 is 0 Å². The van der Waals surface area contributed by atoms with Gasteiger partial charge in [0, 0.05) is 6.92 Å². The van der Waals surface area contributed by atoms with Crippen molar-refractivity contribution in [3.63, 3.8) is 0 Å². The Bertz CT molecular complexity index is 533. The normalized spacial score (nSPS) is 11.5. The molecule has 0 N–H and O–H groups in total. The lowest BCUT2D eigenvalue weighted by Gasteiger charge is -2.04. The van der Waals surface area contributed by atoms with Crippen molar-refractivity contribution in [2.45, 2.75) is 188 Å². The summed E-state index contributed by atoms with van der Waals surface area (Å²) in [6.07, 6.45) is 39.0. The Morgan fingerprint density at radius 2 is 0.853 bits per heavy atom. The minimum atomic E-state index is 1.20. The summed E-state index contributed by atoms with van der Waals surface area (Å²) in [4.78, 5) is 0. The highest BCUT2D eigenvalue weighted by Gasteiger charge is 2.11. The lowest BCUT2D eigenvalue weighted by molar-refractivity contribution is -0.702. The Kier molecular flexibility index (Phi) is 22.0. The number of hydrogen-bond donors (Lipinski definition) is 0. The number of unbranched alkanes of at least 4 members (excludes halogenated alkanes) is 22. The average Bonchev–Trinajstić information content (AvgIpc) is 3.19. The highest BCUT2D eigenvalue weighted by Crippen LogP contribution is 2.14. The van der Waals surface area contributed by atoms with Crippen LogP contribution in [0.3, 0.4) is 0 Å². The third-order valence-corrected chi connectivity index (χ3v) is 7.76. The maximum Gasteiger partial charge on any atom is 0.253 e. The van der Waals surface area contributed by atoms with Gasteiger partial charge in [0.15, 0.2) is 0 Å². The van der Waals surface area contributed by atoms with Crippen LogP contribution in [-0.2, 0) is 13.1 Å². The van der Waals surface area contributed by atoms with Gasteiger partial charge in [-0.25, -0.2) is 9.13 Å². The third kappa shape index (κ3) is 17.6. The molecule has 0 spiro atoms. The Hall–Kier alpha value is -0.790. The van der Waals surface area contributed by atoms with Crippen LogP contribution in [0.15, 0.2) is 12.4 Å². The maximum absolute atomic E-state index is 2.48. The molecule has 1 aromatic rings. The summed E-state index contributed by atoms with van der Waals surface area (Å²) in [6.45, 7) is 9.31. The van der Waals surface area contributed by atoms with E-state index in [4.69, 9.17) is 0 Å². The van der Waals surface area contributed by atoms with E-state index < -0.39 is 0 Å². The van der Waals surface area contributed by atoms with Gasteiger partial charge in [-0.2, -0.15) is 0 Å². The van der Waals surface area contributed by atoms with E-state index in [0.29, 0.717) is 0 Å². The van der Waals surface area contributed by atoms with Crippen LogP contribution in [0.1, 0.15) is 174 Å². The van der Waals surface area contributed by atoms with Crippen molar-refractivity contribution in [3.8, 4) is 0 Å². The molecule has 1 aromatic heterocycles. The van der Waals surface area contributed by atoms with Crippen LogP contribution in [0.5, 0.6) is 0 Å². The van der Waals surface area contributed by atoms with Gasteiger partial charge in [-0.1, -0.05) is 142 Å². The standard InChI is InChI=1S/C32H63N2/c1-4-6-8-10-12-14-15-16-17-18-19-20-21-23-25-27-29-34-31-30-33(32(34)3)28-26-24-22-13-11-9-7-5-2/h30-31H,4-29H2,1-3H3/q+1. The number of imidazole rings is 1. The fraction of sp³-hybridized carbons (Fsp3) is 0.906. The van der Waals surface area contributed by atoms with Gasteiger partial charge < -0.3 is 0 Å². The molecular formula is C32H63N2+. The summed E-state index contributed by atoms with van der Waals surface area (Å²) >= 11 is 0. The van der Waals surface area contributed by atoms with Crippen molar-refractivity contribution in [2.24, 2.45) is 0 Å². The minimum absolute atomic E-state index is 1.20. The second kappa shape index (κ2) is 23.9. The first-order chi connectivity index (χ1) is 16.8. The topological polar surface area (TPSA) is 8.81 Å². The molecule has 34 heavy (non-hydrogen) atoms. The molecule has 0 bridgehead atoms. The molecular weight excluding hydrogens is 412 g/mol. The Morgan fingerprint density at radius 3 is 1.26 bits per heavy atom. The molecule has 1 heterocycles. The van der Waals surface area contributed by atoms with Crippen molar-refractivity contribution < 1.29 is 4.57 Å². The highest BCUT2D eigenvalue weighted by molar-refractivity contribution is 4.79. The molecule has 0 saturated carbocycles. The summed E-state index contributed by atoms with van der Waals surface area (Å²) in [5.41, 5.74) is 0. The van der Waals surface area contributed by atoms with E-state index in [1.807, 2.05) is 0 Å². The zero-order chi connectivity index (χ0) is 24.5.